The van der Waals surface area contributed by atoms with Crippen molar-refractivity contribution in [3.63, 3.8) is 0 Å². The third-order valence-corrected chi connectivity index (χ3v) is 3.61. The molecule has 11 heteroatoms. The fourth-order valence-corrected chi connectivity index (χ4v) is 2.24. The lowest BCUT2D eigenvalue weighted by atomic mass is 9.92. The van der Waals surface area contributed by atoms with Crippen molar-refractivity contribution >= 4 is 7.82 Å². The van der Waals surface area contributed by atoms with Gasteiger partial charge in [-0.25, -0.2) is 18.0 Å². The van der Waals surface area contributed by atoms with Gasteiger partial charge in [0, 0.05) is 24.7 Å². The molecule has 0 aliphatic rings. The highest BCUT2D eigenvalue weighted by molar-refractivity contribution is 7.45. The van der Waals surface area contributed by atoms with Crippen LogP contribution in [-0.2, 0) is 24.3 Å². The highest BCUT2D eigenvalue weighted by Crippen LogP contribution is 2.26. The van der Waals surface area contributed by atoms with Crippen LogP contribution in [0.1, 0.15) is 38.4 Å². The van der Waals surface area contributed by atoms with E-state index >= 15 is 0 Å². The van der Waals surface area contributed by atoms with Gasteiger partial charge in [-0.3, -0.25) is 0 Å². The summed E-state index contributed by atoms with van der Waals surface area (Å²) in [6.07, 6.45) is 0.929. The number of rotatable bonds is 7. The lowest BCUT2D eigenvalue weighted by Crippen LogP contribution is -2.13. The molecule has 0 radical (unpaired) electrons. The molecule has 1 aromatic heterocycles. The highest BCUT2D eigenvalue weighted by Gasteiger charge is 2.15. The van der Waals surface area contributed by atoms with Crippen molar-refractivity contribution in [2.75, 3.05) is 7.05 Å². The first-order chi connectivity index (χ1) is 13.3. The quantitative estimate of drug-likeness (QED) is 0.494. The third-order valence-electron chi connectivity index (χ3n) is 3.61. The molecular weight excluding hydrogens is 407 g/mol. The Morgan fingerprint density at radius 1 is 1.21 bits per heavy atom. The summed E-state index contributed by atoms with van der Waals surface area (Å²) < 4.78 is 43.4. The zero-order valence-corrected chi connectivity index (χ0v) is 17.8. The van der Waals surface area contributed by atoms with Crippen LogP contribution in [0.15, 0.2) is 24.3 Å². The van der Waals surface area contributed by atoms with E-state index in [2.05, 4.69) is 31.2 Å². The van der Waals surface area contributed by atoms with Crippen LogP contribution < -0.4 is 10.1 Å². The van der Waals surface area contributed by atoms with Gasteiger partial charge in [0.05, 0.1) is 5.69 Å². The number of nitrogens with one attached hydrogen (secondary N) is 1. The predicted molar refractivity (Wildman–Crippen MR) is 104 cm³/mol. The largest absolute Gasteiger partial charge is 0.473 e. The summed E-state index contributed by atoms with van der Waals surface area (Å²) in [5, 5.41) is 7.56. The molecule has 0 bridgehead atoms. The molecule has 2 rings (SSSR count). The van der Waals surface area contributed by atoms with E-state index in [4.69, 9.17) is 24.0 Å². The van der Waals surface area contributed by atoms with Crippen LogP contribution in [0.2, 0.25) is 0 Å². The molecule has 0 unspecified atom stereocenters. The number of ether oxygens (including phenoxy) is 1. The van der Waals surface area contributed by atoms with Crippen molar-refractivity contribution < 1.29 is 32.8 Å². The van der Waals surface area contributed by atoms with E-state index in [-0.39, 0.29) is 17.6 Å². The summed E-state index contributed by atoms with van der Waals surface area (Å²) in [5.74, 6) is -0.395. The van der Waals surface area contributed by atoms with Gasteiger partial charge in [0.1, 0.15) is 18.2 Å². The average Bonchev–Trinajstić information content (AvgIpc) is 2.94. The Bertz CT molecular complexity index is 825. The fraction of sp³-hybridized carbons (Fsp3) is 0.500. The number of hydrogen-bond acceptors (Lipinski definition) is 4. The molecular formula is C18H28F2N3O5P. The first kappa shape index (κ1) is 25.2. The molecule has 0 aliphatic carbocycles. The third kappa shape index (κ3) is 11.1. The highest BCUT2D eigenvalue weighted by atomic mass is 31.2. The lowest BCUT2D eigenvalue weighted by Gasteiger charge is -2.18. The first-order valence-corrected chi connectivity index (χ1v) is 10.4. The maximum Gasteiger partial charge on any atom is 0.466 e. The minimum absolute atomic E-state index is 0.0379. The van der Waals surface area contributed by atoms with Crippen LogP contribution >= 0.6 is 7.82 Å². The molecule has 29 heavy (non-hydrogen) atoms. The number of hydrogen-bond donors (Lipinski definition) is 4. The van der Waals surface area contributed by atoms with Gasteiger partial charge in [-0.1, -0.05) is 20.8 Å². The second-order valence-corrected chi connectivity index (χ2v) is 8.60. The van der Waals surface area contributed by atoms with Crippen LogP contribution in [0.25, 0.3) is 0 Å². The summed E-state index contributed by atoms with van der Waals surface area (Å²) in [6, 6.07) is 5.19. The van der Waals surface area contributed by atoms with E-state index in [0.717, 1.165) is 30.3 Å². The van der Waals surface area contributed by atoms with E-state index in [1.165, 1.54) is 0 Å². The summed E-state index contributed by atoms with van der Waals surface area (Å²) in [7, 11) is -2.79. The standard InChI is InChI=1S/C18H25F2N3O.H3O4P/c1-18(2,3)7-8-23-17(10-15(22-23)11-21-4)24-12-13-9-14(19)5-6-16(13)20;1-5(2,3)4/h5-6,9-10,21H,7-8,11-12H2,1-4H3;(H3,1,2,3,4). The molecule has 0 atom stereocenters. The van der Waals surface area contributed by atoms with Gasteiger partial charge >= 0.3 is 7.82 Å². The summed E-state index contributed by atoms with van der Waals surface area (Å²) in [5.41, 5.74) is 1.20. The van der Waals surface area contributed by atoms with Crippen molar-refractivity contribution in [1.29, 1.82) is 0 Å². The monoisotopic (exact) mass is 435 g/mol. The second-order valence-electron chi connectivity index (χ2n) is 7.58. The number of benzene rings is 1. The maximum absolute atomic E-state index is 13.7. The molecule has 1 aromatic carbocycles. The first-order valence-electron chi connectivity index (χ1n) is 8.85. The van der Waals surface area contributed by atoms with Crippen LogP contribution in [0.4, 0.5) is 8.78 Å². The topological polar surface area (TPSA) is 117 Å². The molecule has 0 spiro atoms. The van der Waals surface area contributed by atoms with Crippen molar-refractivity contribution in [2.24, 2.45) is 5.41 Å². The van der Waals surface area contributed by atoms with Crippen molar-refractivity contribution in [3.8, 4) is 5.88 Å². The van der Waals surface area contributed by atoms with E-state index < -0.39 is 19.5 Å². The average molecular weight is 435 g/mol. The Morgan fingerprint density at radius 2 is 1.83 bits per heavy atom. The van der Waals surface area contributed by atoms with Gasteiger partial charge in [0.2, 0.25) is 5.88 Å². The van der Waals surface area contributed by atoms with E-state index in [0.29, 0.717) is 19.0 Å². The Morgan fingerprint density at radius 3 is 2.38 bits per heavy atom. The predicted octanol–water partition coefficient (Wildman–Crippen LogP) is 2.97. The Labute approximate surface area is 168 Å². The maximum atomic E-state index is 13.7. The van der Waals surface area contributed by atoms with Gasteiger partial charge in [0.15, 0.2) is 0 Å². The molecule has 1 heterocycles. The molecule has 0 fully saturated rings. The van der Waals surface area contributed by atoms with Gasteiger partial charge in [-0.05, 0) is 37.1 Å². The van der Waals surface area contributed by atoms with Gasteiger partial charge in [0.25, 0.3) is 0 Å². The molecule has 164 valence electrons. The Balaban J connectivity index is 0.000000749. The Hall–Kier alpha value is -1.84. The van der Waals surface area contributed by atoms with Crippen LogP contribution in [0.3, 0.4) is 0 Å². The minimum Gasteiger partial charge on any atom is -0.473 e. The van der Waals surface area contributed by atoms with Crippen LogP contribution in [-0.4, -0.2) is 31.5 Å². The summed E-state index contributed by atoms with van der Waals surface area (Å²) >= 11 is 0. The van der Waals surface area contributed by atoms with Crippen LogP contribution in [0, 0.1) is 17.0 Å². The molecule has 0 saturated carbocycles. The molecule has 2 aromatic rings. The minimum atomic E-state index is -4.64. The van der Waals surface area contributed by atoms with E-state index in [9.17, 15) is 8.78 Å². The zero-order chi connectivity index (χ0) is 22.2. The summed E-state index contributed by atoms with van der Waals surface area (Å²) in [4.78, 5) is 21.6. The SMILES string of the molecule is CNCc1cc(OCc2cc(F)ccc2F)n(CCC(C)(C)C)n1.O=P(O)(O)O. The molecule has 0 aliphatic heterocycles. The van der Waals surface area contributed by atoms with Crippen molar-refractivity contribution in [2.45, 2.75) is 46.9 Å². The zero-order valence-electron chi connectivity index (χ0n) is 16.9. The van der Waals surface area contributed by atoms with E-state index in [1.807, 2.05) is 13.1 Å². The number of aromatic nitrogens is 2. The normalized spacial score (nSPS) is 11.8. The van der Waals surface area contributed by atoms with Crippen LogP contribution in [0.5, 0.6) is 5.88 Å². The van der Waals surface area contributed by atoms with Gasteiger partial charge in [-0.2, -0.15) is 5.10 Å². The molecule has 8 nitrogen and oxygen atoms in total. The second kappa shape index (κ2) is 10.8. The summed E-state index contributed by atoms with van der Waals surface area (Å²) in [6.45, 7) is 7.76. The molecule has 0 saturated heterocycles. The Kier molecular flexibility index (Phi) is 9.38. The van der Waals surface area contributed by atoms with Gasteiger partial charge in [-0.15, -0.1) is 0 Å². The number of phosphoric acid groups is 1. The molecule has 4 N–H and O–H groups in total. The van der Waals surface area contributed by atoms with Crippen molar-refractivity contribution in [1.82, 2.24) is 15.1 Å². The molecule has 0 amide bonds. The lowest BCUT2D eigenvalue weighted by molar-refractivity contribution is 0.254. The van der Waals surface area contributed by atoms with Gasteiger partial charge < -0.3 is 24.7 Å². The van der Waals surface area contributed by atoms with Crippen molar-refractivity contribution in [3.05, 3.63) is 47.2 Å². The van der Waals surface area contributed by atoms with E-state index in [1.54, 1.807) is 4.68 Å². The number of nitrogens with zero attached hydrogens (tertiary/aromatic N) is 2. The number of halogens is 2. The fourth-order valence-electron chi connectivity index (χ4n) is 2.24. The smallest absolute Gasteiger partial charge is 0.466 e. The number of aryl methyl sites for hydroxylation is 1.